The molecular formula is C21H30N2O3. The molecule has 0 saturated heterocycles. The van der Waals surface area contributed by atoms with Crippen molar-refractivity contribution in [2.24, 2.45) is 11.3 Å². The summed E-state index contributed by atoms with van der Waals surface area (Å²) in [7, 11) is 0. The second-order valence-corrected chi connectivity index (χ2v) is 7.97. The summed E-state index contributed by atoms with van der Waals surface area (Å²) in [5.74, 6) is 0.146. The number of ether oxygens (including phenoxy) is 1. The molecule has 5 heteroatoms. The second kappa shape index (κ2) is 8.88. The average Bonchev–Trinajstić information content (AvgIpc) is 2.60. The molecule has 1 aliphatic rings. The van der Waals surface area contributed by atoms with Crippen molar-refractivity contribution in [3.05, 3.63) is 36.9 Å². The van der Waals surface area contributed by atoms with E-state index in [-0.39, 0.29) is 6.04 Å². The van der Waals surface area contributed by atoms with E-state index in [0.29, 0.717) is 29.4 Å². The lowest BCUT2D eigenvalue weighted by atomic mass is 9.71. The molecule has 142 valence electrons. The van der Waals surface area contributed by atoms with Crippen LogP contribution in [0.3, 0.4) is 0 Å². The van der Waals surface area contributed by atoms with E-state index in [1.165, 1.54) is 0 Å². The van der Waals surface area contributed by atoms with Crippen LogP contribution < -0.4 is 15.4 Å². The largest absolute Gasteiger partial charge is 0.490 e. The lowest BCUT2D eigenvalue weighted by Gasteiger charge is -2.37. The average molecular weight is 358 g/mol. The van der Waals surface area contributed by atoms with Crippen LogP contribution >= 0.6 is 0 Å². The first kappa shape index (κ1) is 20.0. The van der Waals surface area contributed by atoms with Gasteiger partial charge in [0.25, 0.3) is 0 Å². The van der Waals surface area contributed by atoms with Crippen LogP contribution in [-0.2, 0) is 9.59 Å². The van der Waals surface area contributed by atoms with Gasteiger partial charge in [-0.2, -0.15) is 0 Å². The van der Waals surface area contributed by atoms with E-state index in [9.17, 15) is 9.59 Å². The van der Waals surface area contributed by atoms with Crippen LogP contribution in [0.15, 0.2) is 36.9 Å². The molecule has 0 bridgehead atoms. The third kappa shape index (κ3) is 5.90. The zero-order valence-corrected chi connectivity index (χ0v) is 16.0. The quantitative estimate of drug-likeness (QED) is 0.619. The van der Waals surface area contributed by atoms with Gasteiger partial charge in [-0.1, -0.05) is 33.4 Å². The molecule has 2 rings (SSSR count). The Bertz CT molecular complexity index is 624. The molecule has 2 amide bonds. The van der Waals surface area contributed by atoms with Crippen molar-refractivity contribution in [1.82, 2.24) is 5.32 Å². The van der Waals surface area contributed by atoms with Gasteiger partial charge >= 0.3 is 11.8 Å². The highest BCUT2D eigenvalue weighted by molar-refractivity contribution is 6.39. The minimum atomic E-state index is -0.636. The van der Waals surface area contributed by atoms with E-state index in [0.717, 1.165) is 25.7 Å². The molecule has 0 heterocycles. The van der Waals surface area contributed by atoms with Crippen LogP contribution in [0, 0.1) is 11.3 Å². The van der Waals surface area contributed by atoms with Gasteiger partial charge in [0.15, 0.2) is 0 Å². The maximum Gasteiger partial charge on any atom is 0.313 e. The maximum absolute atomic E-state index is 12.1. The zero-order valence-electron chi connectivity index (χ0n) is 16.0. The number of hydrogen-bond acceptors (Lipinski definition) is 3. The molecule has 5 nitrogen and oxygen atoms in total. The van der Waals surface area contributed by atoms with Crippen molar-refractivity contribution in [1.29, 1.82) is 0 Å². The maximum atomic E-state index is 12.1. The molecule has 2 N–H and O–H groups in total. The highest BCUT2D eigenvalue weighted by Crippen LogP contribution is 2.37. The van der Waals surface area contributed by atoms with Gasteiger partial charge < -0.3 is 15.4 Å². The van der Waals surface area contributed by atoms with Gasteiger partial charge in [0.2, 0.25) is 0 Å². The number of carbonyl (C=O) groups excluding carboxylic acids is 2. The Morgan fingerprint density at radius 1 is 1.12 bits per heavy atom. The van der Waals surface area contributed by atoms with Gasteiger partial charge in [-0.05, 0) is 61.3 Å². The molecule has 26 heavy (non-hydrogen) atoms. The van der Waals surface area contributed by atoms with E-state index < -0.39 is 11.8 Å². The number of benzene rings is 1. The highest BCUT2D eigenvalue weighted by atomic mass is 16.5. The van der Waals surface area contributed by atoms with Crippen molar-refractivity contribution < 1.29 is 14.3 Å². The standard InChI is InChI=1S/C21H30N2O3/c1-5-14-26-18-12-10-17(11-13-18)23-20(25)19(24)22-16-8-6-15(7-9-16)21(2,3)4/h5,10-13,15-16H,1,6-9,14H2,2-4H3,(H,22,24)(H,23,25). The Labute approximate surface area is 156 Å². The van der Waals surface area contributed by atoms with E-state index in [4.69, 9.17) is 4.74 Å². The normalized spacial score (nSPS) is 20.1. The summed E-state index contributed by atoms with van der Waals surface area (Å²) < 4.78 is 5.39. The third-order valence-corrected chi connectivity index (χ3v) is 4.97. The molecule has 1 aromatic carbocycles. The molecule has 1 saturated carbocycles. The number of hydrogen-bond donors (Lipinski definition) is 2. The smallest absolute Gasteiger partial charge is 0.313 e. The Hall–Kier alpha value is -2.30. The Morgan fingerprint density at radius 2 is 1.73 bits per heavy atom. The Morgan fingerprint density at radius 3 is 2.27 bits per heavy atom. The minimum Gasteiger partial charge on any atom is -0.490 e. The monoisotopic (exact) mass is 358 g/mol. The van der Waals surface area contributed by atoms with Crippen LogP contribution in [-0.4, -0.2) is 24.5 Å². The van der Waals surface area contributed by atoms with Gasteiger partial charge in [0.1, 0.15) is 12.4 Å². The first-order chi connectivity index (χ1) is 12.3. The molecule has 0 atom stereocenters. The number of anilines is 1. The van der Waals surface area contributed by atoms with E-state index >= 15 is 0 Å². The summed E-state index contributed by atoms with van der Waals surface area (Å²) in [6, 6.07) is 6.98. The summed E-state index contributed by atoms with van der Waals surface area (Å²) >= 11 is 0. The van der Waals surface area contributed by atoms with Gasteiger partial charge in [-0.3, -0.25) is 9.59 Å². The van der Waals surface area contributed by atoms with Crippen LogP contribution in [0.4, 0.5) is 5.69 Å². The third-order valence-electron chi connectivity index (χ3n) is 4.97. The molecule has 0 aliphatic heterocycles. The van der Waals surface area contributed by atoms with Crippen LogP contribution in [0.1, 0.15) is 46.5 Å². The fraction of sp³-hybridized carbons (Fsp3) is 0.524. The SMILES string of the molecule is C=CCOc1ccc(NC(=O)C(=O)NC2CCC(C(C)(C)C)CC2)cc1. The summed E-state index contributed by atoms with van der Waals surface area (Å²) in [6.07, 6.45) is 5.69. The number of carbonyl (C=O) groups is 2. The molecule has 0 aromatic heterocycles. The number of nitrogens with one attached hydrogen (secondary N) is 2. The first-order valence-corrected chi connectivity index (χ1v) is 9.25. The topological polar surface area (TPSA) is 67.4 Å². The predicted molar refractivity (Wildman–Crippen MR) is 104 cm³/mol. The zero-order chi connectivity index (χ0) is 19.2. The predicted octanol–water partition coefficient (Wildman–Crippen LogP) is 3.91. The van der Waals surface area contributed by atoms with E-state index in [1.807, 2.05) is 0 Å². The summed E-state index contributed by atoms with van der Waals surface area (Å²) in [5, 5.41) is 5.48. The summed E-state index contributed by atoms with van der Waals surface area (Å²) in [6.45, 7) is 10.8. The van der Waals surface area contributed by atoms with Crippen LogP contribution in [0.25, 0.3) is 0 Å². The highest BCUT2D eigenvalue weighted by Gasteiger charge is 2.30. The fourth-order valence-corrected chi connectivity index (χ4v) is 3.33. The van der Waals surface area contributed by atoms with Gasteiger partial charge in [0, 0.05) is 11.7 Å². The van der Waals surface area contributed by atoms with Crippen LogP contribution in [0.2, 0.25) is 0 Å². The fourth-order valence-electron chi connectivity index (χ4n) is 3.33. The molecule has 0 unspecified atom stereocenters. The van der Waals surface area contributed by atoms with E-state index in [1.54, 1.807) is 30.3 Å². The Kier molecular flexibility index (Phi) is 6.83. The van der Waals surface area contributed by atoms with Crippen molar-refractivity contribution >= 4 is 17.5 Å². The van der Waals surface area contributed by atoms with Crippen molar-refractivity contribution in [3.63, 3.8) is 0 Å². The van der Waals surface area contributed by atoms with Crippen molar-refractivity contribution in [2.45, 2.75) is 52.5 Å². The van der Waals surface area contributed by atoms with E-state index in [2.05, 4.69) is 38.0 Å². The van der Waals surface area contributed by atoms with Crippen molar-refractivity contribution in [2.75, 3.05) is 11.9 Å². The summed E-state index contributed by atoms with van der Waals surface area (Å²) in [5.41, 5.74) is 0.862. The first-order valence-electron chi connectivity index (χ1n) is 9.25. The molecule has 1 fully saturated rings. The van der Waals surface area contributed by atoms with Gasteiger partial charge in [-0.25, -0.2) is 0 Å². The number of amides is 2. The lowest BCUT2D eigenvalue weighted by Crippen LogP contribution is -2.44. The summed E-state index contributed by atoms with van der Waals surface area (Å²) in [4.78, 5) is 24.2. The van der Waals surface area contributed by atoms with Crippen LogP contribution in [0.5, 0.6) is 5.75 Å². The molecule has 1 aliphatic carbocycles. The minimum absolute atomic E-state index is 0.0847. The Balaban J connectivity index is 1.79. The molecule has 0 spiro atoms. The second-order valence-electron chi connectivity index (χ2n) is 7.97. The number of rotatable bonds is 5. The lowest BCUT2D eigenvalue weighted by molar-refractivity contribution is -0.136. The molecular weight excluding hydrogens is 328 g/mol. The van der Waals surface area contributed by atoms with Crippen molar-refractivity contribution in [3.8, 4) is 5.75 Å². The molecule has 0 radical (unpaired) electrons. The van der Waals surface area contributed by atoms with Gasteiger partial charge in [-0.15, -0.1) is 0 Å². The molecule has 1 aromatic rings. The van der Waals surface area contributed by atoms with Gasteiger partial charge in [0.05, 0.1) is 0 Å².